The van der Waals surface area contributed by atoms with Gasteiger partial charge in [0.25, 0.3) is 0 Å². The van der Waals surface area contributed by atoms with Crippen molar-refractivity contribution in [2.24, 2.45) is 0 Å². The van der Waals surface area contributed by atoms with Gasteiger partial charge in [-0.3, -0.25) is 0 Å². The number of thiocarbonyl (C=S) groups is 1. The number of hydrogen-bond acceptors (Lipinski definition) is 2. The molecule has 4 heteroatoms. The smallest absolute Gasteiger partial charge is 0.173 e. The van der Waals surface area contributed by atoms with Crippen molar-refractivity contribution in [2.45, 2.75) is 38.1 Å². The lowest BCUT2D eigenvalue weighted by Crippen LogP contribution is -2.44. The topological polar surface area (TPSA) is 24.5 Å². The Bertz CT molecular complexity index is 457. The van der Waals surface area contributed by atoms with Gasteiger partial charge in [-0.2, -0.15) is 0 Å². The predicted octanol–water partition coefficient (Wildman–Crippen LogP) is 3.09. The third kappa shape index (κ3) is 2.84. The number of anilines is 1. The fourth-order valence-electron chi connectivity index (χ4n) is 2.86. The Morgan fingerprint density at radius 1 is 1.21 bits per heavy atom. The van der Waals surface area contributed by atoms with Gasteiger partial charge in [0.1, 0.15) is 5.75 Å². The molecule has 0 saturated heterocycles. The Morgan fingerprint density at radius 2 is 2.00 bits per heavy atom. The molecule has 1 N–H and O–H groups in total. The second-order valence-corrected chi connectivity index (χ2v) is 5.64. The lowest BCUT2D eigenvalue weighted by Gasteiger charge is -2.27. The number of nitrogens with one attached hydrogen (secondary N) is 1. The van der Waals surface area contributed by atoms with Crippen LogP contribution in [0.4, 0.5) is 5.69 Å². The van der Waals surface area contributed by atoms with Crippen LogP contribution in [0.5, 0.6) is 5.75 Å². The molecule has 1 fully saturated rings. The summed E-state index contributed by atoms with van der Waals surface area (Å²) in [6.07, 6.45) is 6.12. The fraction of sp³-hybridized carbons (Fsp3) is 0.533. The highest BCUT2D eigenvalue weighted by Crippen LogP contribution is 2.30. The minimum Gasteiger partial charge on any atom is -0.491 e. The van der Waals surface area contributed by atoms with E-state index in [9.17, 15) is 0 Å². The molecule has 2 aliphatic rings. The number of para-hydroxylation sites is 2. The molecule has 0 radical (unpaired) electrons. The van der Waals surface area contributed by atoms with Crippen molar-refractivity contribution in [1.29, 1.82) is 0 Å². The van der Waals surface area contributed by atoms with Gasteiger partial charge in [-0.25, -0.2) is 0 Å². The minimum atomic E-state index is 0.559. The lowest BCUT2D eigenvalue weighted by molar-refractivity contribution is 0.322. The van der Waals surface area contributed by atoms with E-state index < -0.39 is 0 Å². The summed E-state index contributed by atoms with van der Waals surface area (Å²) in [4.78, 5) is 2.19. The van der Waals surface area contributed by atoms with E-state index in [1.165, 1.54) is 25.7 Å². The SMILES string of the molecule is S=C(NC1CCCC1)N1CCCOc2ccccc21. The molecule has 0 unspecified atom stereocenters. The third-order valence-corrected chi connectivity index (χ3v) is 4.21. The molecule has 0 bridgehead atoms. The third-order valence-electron chi connectivity index (χ3n) is 3.87. The highest BCUT2D eigenvalue weighted by molar-refractivity contribution is 7.80. The zero-order chi connectivity index (χ0) is 13.1. The molecule has 1 aromatic carbocycles. The number of ether oxygens (including phenoxy) is 1. The van der Waals surface area contributed by atoms with Crippen LogP contribution >= 0.6 is 12.2 Å². The van der Waals surface area contributed by atoms with Crippen LogP contribution in [0.15, 0.2) is 24.3 Å². The largest absolute Gasteiger partial charge is 0.491 e. The molecular formula is C15H20N2OS. The van der Waals surface area contributed by atoms with E-state index in [1.54, 1.807) is 0 Å². The molecule has 1 aliphatic carbocycles. The van der Waals surface area contributed by atoms with Crippen LogP contribution in [0, 0.1) is 0 Å². The molecule has 1 heterocycles. The van der Waals surface area contributed by atoms with E-state index >= 15 is 0 Å². The Labute approximate surface area is 119 Å². The molecule has 1 saturated carbocycles. The summed E-state index contributed by atoms with van der Waals surface area (Å²) >= 11 is 5.61. The molecule has 1 aromatic rings. The van der Waals surface area contributed by atoms with Crippen LogP contribution in [0.25, 0.3) is 0 Å². The second-order valence-electron chi connectivity index (χ2n) is 5.25. The summed E-state index contributed by atoms with van der Waals surface area (Å²) in [7, 11) is 0. The van der Waals surface area contributed by atoms with E-state index in [2.05, 4.69) is 16.3 Å². The van der Waals surface area contributed by atoms with Crippen molar-refractivity contribution >= 4 is 23.0 Å². The molecule has 0 spiro atoms. The maximum absolute atomic E-state index is 5.77. The maximum Gasteiger partial charge on any atom is 0.173 e. The van der Waals surface area contributed by atoms with Gasteiger partial charge >= 0.3 is 0 Å². The molecule has 102 valence electrons. The predicted molar refractivity (Wildman–Crippen MR) is 81.9 cm³/mol. The van der Waals surface area contributed by atoms with Crippen molar-refractivity contribution in [2.75, 3.05) is 18.1 Å². The fourth-order valence-corrected chi connectivity index (χ4v) is 3.22. The standard InChI is InChI=1S/C15H20N2OS/c19-15(16-12-6-1-2-7-12)17-10-5-11-18-14-9-4-3-8-13(14)17/h3-4,8-9,12H,1-2,5-7,10-11H2,(H,16,19). The van der Waals surface area contributed by atoms with Gasteiger partial charge in [-0.15, -0.1) is 0 Å². The number of nitrogens with zero attached hydrogens (tertiary/aromatic N) is 1. The van der Waals surface area contributed by atoms with E-state index in [-0.39, 0.29) is 0 Å². The summed E-state index contributed by atoms with van der Waals surface area (Å²) in [5.41, 5.74) is 1.09. The van der Waals surface area contributed by atoms with Gasteiger partial charge in [0, 0.05) is 12.6 Å². The number of fused-ring (bicyclic) bond motifs is 1. The zero-order valence-corrected chi connectivity index (χ0v) is 11.9. The van der Waals surface area contributed by atoms with Crippen LogP contribution in [0.2, 0.25) is 0 Å². The summed E-state index contributed by atoms with van der Waals surface area (Å²) < 4.78 is 5.77. The summed E-state index contributed by atoms with van der Waals surface area (Å²) in [6.45, 7) is 1.69. The minimum absolute atomic E-state index is 0.559. The average Bonchev–Trinajstić information content (AvgIpc) is 2.83. The number of benzene rings is 1. The monoisotopic (exact) mass is 276 g/mol. The molecule has 0 atom stereocenters. The molecule has 3 nitrogen and oxygen atoms in total. The van der Waals surface area contributed by atoms with Crippen molar-refractivity contribution in [3.63, 3.8) is 0 Å². The van der Waals surface area contributed by atoms with Gasteiger partial charge < -0.3 is 15.0 Å². The zero-order valence-electron chi connectivity index (χ0n) is 11.1. The Balaban J connectivity index is 1.77. The Hall–Kier alpha value is -1.29. The van der Waals surface area contributed by atoms with Crippen molar-refractivity contribution in [3.05, 3.63) is 24.3 Å². The molecule has 3 rings (SSSR count). The summed E-state index contributed by atoms with van der Waals surface area (Å²) in [5.74, 6) is 0.940. The van der Waals surface area contributed by atoms with E-state index in [4.69, 9.17) is 17.0 Å². The van der Waals surface area contributed by atoms with Crippen LogP contribution in [0.1, 0.15) is 32.1 Å². The Kier molecular flexibility index (Phi) is 3.87. The lowest BCUT2D eigenvalue weighted by atomic mass is 10.2. The maximum atomic E-state index is 5.77. The van der Waals surface area contributed by atoms with Crippen LogP contribution in [0.3, 0.4) is 0 Å². The Morgan fingerprint density at radius 3 is 2.84 bits per heavy atom. The average molecular weight is 276 g/mol. The molecule has 0 aromatic heterocycles. The highest BCUT2D eigenvalue weighted by Gasteiger charge is 2.22. The quantitative estimate of drug-likeness (QED) is 0.797. The van der Waals surface area contributed by atoms with Gasteiger partial charge in [-0.05, 0) is 43.6 Å². The molecule has 1 aliphatic heterocycles. The van der Waals surface area contributed by atoms with Crippen LogP contribution < -0.4 is 15.0 Å². The number of hydrogen-bond donors (Lipinski definition) is 1. The normalized spacial score (nSPS) is 19.5. The van der Waals surface area contributed by atoms with E-state index in [0.29, 0.717) is 6.04 Å². The van der Waals surface area contributed by atoms with Gasteiger partial charge in [0.05, 0.1) is 12.3 Å². The van der Waals surface area contributed by atoms with Crippen molar-refractivity contribution < 1.29 is 4.74 Å². The number of rotatable bonds is 1. The highest BCUT2D eigenvalue weighted by atomic mass is 32.1. The first kappa shape index (κ1) is 12.7. The molecular weight excluding hydrogens is 256 g/mol. The summed E-state index contributed by atoms with van der Waals surface area (Å²) in [6, 6.07) is 8.72. The van der Waals surface area contributed by atoms with Crippen LogP contribution in [-0.4, -0.2) is 24.3 Å². The van der Waals surface area contributed by atoms with Gasteiger partial charge in [-0.1, -0.05) is 25.0 Å². The van der Waals surface area contributed by atoms with E-state index in [0.717, 1.165) is 36.1 Å². The molecule has 19 heavy (non-hydrogen) atoms. The van der Waals surface area contributed by atoms with Gasteiger partial charge in [0.2, 0.25) is 0 Å². The first-order valence-electron chi connectivity index (χ1n) is 7.14. The van der Waals surface area contributed by atoms with Crippen LogP contribution in [-0.2, 0) is 0 Å². The molecule has 0 amide bonds. The van der Waals surface area contributed by atoms with Crippen molar-refractivity contribution in [3.8, 4) is 5.75 Å². The first-order chi connectivity index (χ1) is 9.34. The first-order valence-corrected chi connectivity index (χ1v) is 7.55. The summed E-state index contributed by atoms with van der Waals surface area (Å²) in [5, 5.41) is 4.37. The van der Waals surface area contributed by atoms with Crippen molar-refractivity contribution in [1.82, 2.24) is 5.32 Å². The van der Waals surface area contributed by atoms with E-state index in [1.807, 2.05) is 18.2 Å². The van der Waals surface area contributed by atoms with Gasteiger partial charge in [0.15, 0.2) is 5.11 Å². The second kappa shape index (κ2) is 5.78.